The summed E-state index contributed by atoms with van der Waals surface area (Å²) in [7, 11) is 1.59. The first-order valence-corrected chi connectivity index (χ1v) is 9.81. The molecule has 2 saturated carbocycles. The molecule has 4 unspecified atom stereocenters. The SMILES string of the molecule is COc1ccccc1OC1=COC2C(CCC3OCN(C4CC4)CC32)C1=O. The highest BCUT2D eigenvalue weighted by molar-refractivity contribution is 5.96. The van der Waals surface area contributed by atoms with Crippen molar-refractivity contribution < 1.29 is 23.7 Å². The topological polar surface area (TPSA) is 57.2 Å². The van der Waals surface area contributed by atoms with Crippen LogP contribution in [0.5, 0.6) is 11.5 Å². The maximum absolute atomic E-state index is 13.1. The van der Waals surface area contributed by atoms with Crippen LogP contribution in [0.4, 0.5) is 0 Å². The number of benzene rings is 1. The van der Waals surface area contributed by atoms with Gasteiger partial charge in [-0.25, -0.2) is 0 Å². The molecule has 27 heavy (non-hydrogen) atoms. The number of fused-ring (bicyclic) bond motifs is 3. The second-order valence-electron chi connectivity index (χ2n) is 7.88. The molecule has 6 heteroatoms. The quantitative estimate of drug-likeness (QED) is 0.811. The minimum Gasteiger partial charge on any atom is -0.493 e. The zero-order valence-corrected chi connectivity index (χ0v) is 15.5. The Morgan fingerprint density at radius 2 is 1.93 bits per heavy atom. The smallest absolute Gasteiger partial charge is 0.208 e. The summed E-state index contributed by atoms with van der Waals surface area (Å²) in [6.07, 6.45) is 5.76. The van der Waals surface area contributed by atoms with Crippen LogP contribution in [0.3, 0.4) is 0 Å². The highest BCUT2D eigenvalue weighted by Crippen LogP contribution is 2.42. The predicted octanol–water partition coefficient (Wildman–Crippen LogP) is 2.73. The third-order valence-corrected chi connectivity index (χ3v) is 6.22. The zero-order valence-electron chi connectivity index (χ0n) is 15.5. The largest absolute Gasteiger partial charge is 0.493 e. The summed E-state index contributed by atoms with van der Waals surface area (Å²) in [5, 5.41) is 0. The van der Waals surface area contributed by atoms with Gasteiger partial charge in [0.05, 0.1) is 25.9 Å². The Labute approximate surface area is 159 Å². The summed E-state index contributed by atoms with van der Waals surface area (Å²) in [5.41, 5.74) is 0. The van der Waals surface area contributed by atoms with Crippen LogP contribution in [0, 0.1) is 11.8 Å². The fourth-order valence-corrected chi connectivity index (χ4v) is 4.62. The first-order valence-electron chi connectivity index (χ1n) is 9.81. The van der Waals surface area contributed by atoms with Crippen LogP contribution in [0.25, 0.3) is 0 Å². The number of ether oxygens (including phenoxy) is 4. The number of carbonyl (C=O) groups excluding carboxylic acids is 1. The van der Waals surface area contributed by atoms with Gasteiger partial charge in [-0.05, 0) is 37.8 Å². The first-order chi connectivity index (χ1) is 13.2. The van der Waals surface area contributed by atoms with Crippen molar-refractivity contribution in [2.75, 3.05) is 20.4 Å². The maximum Gasteiger partial charge on any atom is 0.208 e. The highest BCUT2D eigenvalue weighted by atomic mass is 16.5. The summed E-state index contributed by atoms with van der Waals surface area (Å²) >= 11 is 0. The average molecular weight is 371 g/mol. The molecule has 2 aliphatic carbocycles. The number of carbonyl (C=O) groups is 1. The summed E-state index contributed by atoms with van der Waals surface area (Å²) in [6, 6.07) is 7.98. The van der Waals surface area contributed by atoms with Crippen LogP contribution < -0.4 is 9.47 Å². The second-order valence-corrected chi connectivity index (χ2v) is 7.88. The van der Waals surface area contributed by atoms with Gasteiger partial charge in [0.15, 0.2) is 11.5 Å². The van der Waals surface area contributed by atoms with Crippen molar-refractivity contribution in [3.8, 4) is 11.5 Å². The summed E-state index contributed by atoms with van der Waals surface area (Å²) in [6.45, 7) is 1.68. The first kappa shape index (κ1) is 17.1. The lowest BCUT2D eigenvalue weighted by molar-refractivity contribution is -0.174. The standard InChI is InChI=1S/C21H25NO5/c1-24-17-4-2-3-5-18(17)27-19-11-25-21-14(20(19)23)8-9-16-15(21)10-22(12-26-16)13-6-7-13/h2-5,11,13-16,21H,6-10,12H2,1H3. The van der Waals surface area contributed by atoms with Crippen molar-refractivity contribution >= 4 is 5.78 Å². The Kier molecular flexibility index (Phi) is 4.32. The van der Waals surface area contributed by atoms with Gasteiger partial charge in [0.2, 0.25) is 11.5 Å². The van der Waals surface area contributed by atoms with E-state index in [4.69, 9.17) is 18.9 Å². The Morgan fingerprint density at radius 1 is 1.11 bits per heavy atom. The lowest BCUT2D eigenvalue weighted by Crippen LogP contribution is -2.57. The van der Waals surface area contributed by atoms with Crippen LogP contribution in [0.1, 0.15) is 25.7 Å². The van der Waals surface area contributed by atoms with E-state index in [0.29, 0.717) is 17.5 Å². The molecule has 0 spiro atoms. The van der Waals surface area contributed by atoms with Crippen molar-refractivity contribution in [2.24, 2.45) is 11.8 Å². The molecule has 2 heterocycles. The number of hydrogen-bond donors (Lipinski definition) is 0. The fraction of sp³-hybridized carbons (Fsp3) is 0.571. The molecular weight excluding hydrogens is 346 g/mol. The van der Waals surface area contributed by atoms with Crippen LogP contribution in [0.2, 0.25) is 0 Å². The molecule has 1 saturated heterocycles. The van der Waals surface area contributed by atoms with E-state index in [0.717, 1.165) is 26.1 Å². The Hall–Kier alpha value is -2.05. The molecule has 0 aromatic heterocycles. The van der Waals surface area contributed by atoms with E-state index in [1.165, 1.54) is 19.1 Å². The number of Topliss-reactive ketones (excluding diaryl/α,β-unsaturated/α-hetero) is 1. The summed E-state index contributed by atoms with van der Waals surface area (Å²) < 4.78 is 23.3. The van der Waals surface area contributed by atoms with Crippen LogP contribution in [-0.4, -0.2) is 49.3 Å². The minimum absolute atomic E-state index is 0.0270. The molecule has 0 radical (unpaired) electrons. The van der Waals surface area contributed by atoms with Gasteiger partial charge in [-0.2, -0.15) is 0 Å². The van der Waals surface area contributed by atoms with Crippen molar-refractivity contribution in [2.45, 2.75) is 43.9 Å². The predicted molar refractivity (Wildman–Crippen MR) is 97.3 cm³/mol. The monoisotopic (exact) mass is 371 g/mol. The lowest BCUT2D eigenvalue weighted by Gasteiger charge is -2.48. The molecule has 0 N–H and O–H groups in total. The molecule has 2 aliphatic heterocycles. The number of nitrogens with zero attached hydrogens (tertiary/aromatic N) is 1. The molecule has 3 fully saturated rings. The van der Waals surface area contributed by atoms with E-state index in [1.54, 1.807) is 13.2 Å². The van der Waals surface area contributed by atoms with E-state index in [9.17, 15) is 4.79 Å². The molecule has 1 aromatic carbocycles. The van der Waals surface area contributed by atoms with Gasteiger partial charge in [-0.15, -0.1) is 0 Å². The number of allylic oxidation sites excluding steroid dienone is 1. The summed E-state index contributed by atoms with van der Waals surface area (Å²) in [4.78, 5) is 15.5. The van der Waals surface area contributed by atoms with Gasteiger partial charge < -0.3 is 18.9 Å². The van der Waals surface area contributed by atoms with Gasteiger partial charge in [0.1, 0.15) is 12.4 Å². The van der Waals surface area contributed by atoms with E-state index < -0.39 is 0 Å². The number of methoxy groups -OCH3 is 1. The molecule has 4 atom stereocenters. The van der Waals surface area contributed by atoms with Crippen LogP contribution in [-0.2, 0) is 14.3 Å². The normalized spacial score (nSPS) is 33.4. The average Bonchev–Trinajstić information content (AvgIpc) is 3.55. The molecule has 1 aromatic rings. The minimum atomic E-state index is -0.163. The van der Waals surface area contributed by atoms with Gasteiger partial charge in [-0.1, -0.05) is 12.1 Å². The molecule has 6 nitrogen and oxygen atoms in total. The fourth-order valence-electron chi connectivity index (χ4n) is 4.62. The molecule has 144 valence electrons. The third-order valence-electron chi connectivity index (χ3n) is 6.22. The van der Waals surface area contributed by atoms with Gasteiger partial charge in [-0.3, -0.25) is 9.69 Å². The Bertz CT molecular complexity index is 759. The molecule has 0 bridgehead atoms. The van der Waals surface area contributed by atoms with Crippen LogP contribution in [0.15, 0.2) is 36.3 Å². The van der Waals surface area contributed by atoms with Gasteiger partial charge >= 0.3 is 0 Å². The van der Waals surface area contributed by atoms with E-state index in [1.807, 2.05) is 18.2 Å². The Morgan fingerprint density at radius 3 is 2.70 bits per heavy atom. The van der Waals surface area contributed by atoms with E-state index in [2.05, 4.69) is 4.90 Å². The highest BCUT2D eigenvalue weighted by Gasteiger charge is 2.50. The summed E-state index contributed by atoms with van der Waals surface area (Å²) in [5.74, 6) is 1.48. The van der Waals surface area contributed by atoms with Gasteiger partial charge in [0, 0.05) is 18.5 Å². The number of rotatable bonds is 4. The van der Waals surface area contributed by atoms with Crippen molar-refractivity contribution in [3.63, 3.8) is 0 Å². The van der Waals surface area contributed by atoms with Crippen LogP contribution >= 0.6 is 0 Å². The number of para-hydroxylation sites is 2. The van der Waals surface area contributed by atoms with Crippen molar-refractivity contribution in [3.05, 3.63) is 36.3 Å². The Balaban J connectivity index is 1.34. The molecular formula is C21H25NO5. The molecule has 5 rings (SSSR count). The maximum atomic E-state index is 13.1. The van der Waals surface area contributed by atoms with E-state index >= 15 is 0 Å². The molecule has 0 amide bonds. The number of ketones is 1. The second kappa shape index (κ2) is 6.84. The van der Waals surface area contributed by atoms with Gasteiger partial charge in [0.25, 0.3) is 0 Å². The zero-order chi connectivity index (χ0) is 18.4. The van der Waals surface area contributed by atoms with Crippen molar-refractivity contribution in [1.29, 1.82) is 0 Å². The molecule has 4 aliphatic rings. The van der Waals surface area contributed by atoms with Crippen molar-refractivity contribution in [1.82, 2.24) is 4.90 Å². The van der Waals surface area contributed by atoms with E-state index in [-0.39, 0.29) is 35.6 Å². The number of hydrogen-bond acceptors (Lipinski definition) is 6. The third kappa shape index (κ3) is 3.11. The lowest BCUT2D eigenvalue weighted by atomic mass is 9.73.